The molecule has 1 fully saturated rings. The molecule has 3 N–H and O–H groups in total. The first-order chi connectivity index (χ1) is 5.77. The fourth-order valence-electron chi connectivity index (χ4n) is 0.766. The van der Waals surface area contributed by atoms with E-state index >= 15 is 0 Å². The van der Waals surface area contributed by atoms with E-state index in [1.165, 1.54) is 37.7 Å². The van der Waals surface area contributed by atoms with Crippen molar-refractivity contribution in [2.24, 2.45) is 5.73 Å². The second-order valence-electron chi connectivity index (χ2n) is 2.38. The number of hydrogen-bond donors (Lipinski definition) is 2. The largest absolute Gasteiger partial charge is 0.385 e. The summed E-state index contributed by atoms with van der Waals surface area (Å²) in [6, 6.07) is 0. The molecule has 0 saturated carbocycles. The summed E-state index contributed by atoms with van der Waals surface area (Å²) in [4.78, 5) is 0. The van der Waals surface area contributed by atoms with Gasteiger partial charge in [0.2, 0.25) is 0 Å². The minimum absolute atomic E-state index is 0.486. The average Bonchev–Trinajstić information content (AvgIpc) is 2.57. The summed E-state index contributed by atoms with van der Waals surface area (Å²) in [5, 5.41) is 3.22. The summed E-state index contributed by atoms with van der Waals surface area (Å²) < 4.78 is 0.486. The fraction of sp³-hybridized carbons (Fsp3) is 0.625. The van der Waals surface area contributed by atoms with Crippen LogP contribution in [0.25, 0.3) is 0 Å². The van der Waals surface area contributed by atoms with Gasteiger partial charge in [-0.25, -0.2) is 0 Å². The van der Waals surface area contributed by atoms with Gasteiger partial charge in [0.15, 0.2) is 0 Å². The Bertz CT molecular complexity index is 125. The Labute approximate surface area is 84.0 Å². The fourth-order valence-corrected chi connectivity index (χ4v) is 1.25. The van der Waals surface area contributed by atoms with E-state index < -0.39 is 0 Å². The van der Waals surface area contributed by atoms with Crippen LogP contribution in [-0.2, 0) is 0 Å². The predicted octanol–water partition coefficient (Wildman–Crippen LogP) is 1.52. The van der Waals surface area contributed by atoms with E-state index in [1.54, 1.807) is 6.08 Å². The Balaban J connectivity index is 0.000000211. The van der Waals surface area contributed by atoms with Crippen molar-refractivity contribution >= 4 is 28.3 Å². The van der Waals surface area contributed by atoms with Gasteiger partial charge in [-0.05, 0) is 25.9 Å². The van der Waals surface area contributed by atoms with E-state index in [2.05, 4.69) is 24.1 Å². The van der Waals surface area contributed by atoms with Crippen molar-refractivity contribution in [2.75, 3.05) is 18.8 Å². The van der Waals surface area contributed by atoms with Crippen LogP contribution in [0.5, 0.6) is 0 Å². The van der Waals surface area contributed by atoms with Gasteiger partial charge in [0.25, 0.3) is 0 Å². The summed E-state index contributed by atoms with van der Waals surface area (Å²) in [7, 11) is 0. The van der Waals surface area contributed by atoms with Crippen molar-refractivity contribution in [3.05, 3.63) is 12.7 Å². The third-order valence-electron chi connectivity index (χ3n) is 1.30. The van der Waals surface area contributed by atoms with E-state index in [4.69, 9.17) is 5.73 Å². The maximum absolute atomic E-state index is 5.13. The summed E-state index contributed by atoms with van der Waals surface area (Å²) in [6.45, 7) is 6.00. The number of rotatable bonds is 2. The molecule has 0 atom stereocenters. The molecule has 1 saturated heterocycles. The van der Waals surface area contributed by atoms with Gasteiger partial charge in [0, 0.05) is 5.75 Å². The molecule has 0 radical (unpaired) electrons. The number of nitrogens with two attached hydrogens (primary N) is 1. The zero-order valence-corrected chi connectivity index (χ0v) is 8.85. The van der Waals surface area contributed by atoms with Crippen LogP contribution in [0, 0.1) is 0 Å². The van der Waals surface area contributed by atoms with Gasteiger partial charge >= 0.3 is 0 Å². The Morgan fingerprint density at radius 2 is 2.17 bits per heavy atom. The molecule has 12 heavy (non-hydrogen) atoms. The quantitative estimate of drug-likeness (QED) is 0.528. The van der Waals surface area contributed by atoms with E-state index in [1.807, 2.05) is 0 Å². The molecule has 0 aromatic carbocycles. The van der Waals surface area contributed by atoms with Crippen LogP contribution in [0.1, 0.15) is 12.8 Å². The Morgan fingerprint density at radius 3 is 2.33 bits per heavy atom. The zero-order valence-electron chi connectivity index (χ0n) is 7.21. The molecular weight excluding hydrogens is 188 g/mol. The molecule has 0 bridgehead atoms. The molecule has 4 heteroatoms. The minimum Gasteiger partial charge on any atom is -0.385 e. The molecular formula is C8H16N2S2. The molecule has 70 valence electrons. The molecule has 1 heterocycles. The van der Waals surface area contributed by atoms with Gasteiger partial charge in [0.1, 0.15) is 4.32 Å². The Kier molecular flexibility index (Phi) is 8.99. The molecule has 0 aromatic rings. The van der Waals surface area contributed by atoms with Crippen molar-refractivity contribution in [1.29, 1.82) is 0 Å². The molecule has 0 spiro atoms. The SMILES string of the molecule is C1CCNC1.C=CCSC(N)=S. The van der Waals surface area contributed by atoms with Crippen molar-refractivity contribution in [1.82, 2.24) is 5.32 Å². The summed E-state index contributed by atoms with van der Waals surface area (Å²) in [5.74, 6) is 0.815. The maximum Gasteiger partial charge on any atom is 0.131 e. The van der Waals surface area contributed by atoms with Gasteiger partial charge in [-0.1, -0.05) is 30.1 Å². The normalized spacial score (nSPS) is 14.7. The molecule has 1 aliphatic heterocycles. The monoisotopic (exact) mass is 204 g/mol. The van der Waals surface area contributed by atoms with Crippen LogP contribution in [0.2, 0.25) is 0 Å². The summed E-state index contributed by atoms with van der Waals surface area (Å²) in [6.07, 6.45) is 4.55. The van der Waals surface area contributed by atoms with Gasteiger partial charge in [-0.15, -0.1) is 6.58 Å². The van der Waals surface area contributed by atoms with Crippen LogP contribution in [0.4, 0.5) is 0 Å². The molecule has 1 aliphatic rings. The molecule has 2 nitrogen and oxygen atoms in total. The van der Waals surface area contributed by atoms with Crippen LogP contribution >= 0.6 is 24.0 Å². The number of thioether (sulfide) groups is 1. The van der Waals surface area contributed by atoms with Crippen LogP contribution in [0.15, 0.2) is 12.7 Å². The van der Waals surface area contributed by atoms with Gasteiger partial charge in [-0.3, -0.25) is 0 Å². The second kappa shape index (κ2) is 9.03. The predicted molar refractivity (Wildman–Crippen MR) is 61.5 cm³/mol. The zero-order chi connectivity index (χ0) is 9.23. The lowest BCUT2D eigenvalue weighted by atomic mass is 10.4. The summed E-state index contributed by atoms with van der Waals surface area (Å²) >= 11 is 5.98. The lowest BCUT2D eigenvalue weighted by Gasteiger charge is -1.87. The van der Waals surface area contributed by atoms with E-state index in [0.29, 0.717) is 4.32 Å². The smallest absolute Gasteiger partial charge is 0.131 e. The Morgan fingerprint density at radius 1 is 1.58 bits per heavy atom. The number of nitrogens with one attached hydrogen (secondary N) is 1. The molecule has 1 rings (SSSR count). The average molecular weight is 204 g/mol. The highest BCUT2D eigenvalue weighted by Crippen LogP contribution is 1.97. The van der Waals surface area contributed by atoms with E-state index in [9.17, 15) is 0 Å². The van der Waals surface area contributed by atoms with Gasteiger partial charge in [0.05, 0.1) is 0 Å². The van der Waals surface area contributed by atoms with Gasteiger partial charge < -0.3 is 11.1 Å². The molecule has 0 unspecified atom stereocenters. The van der Waals surface area contributed by atoms with Crippen LogP contribution in [0.3, 0.4) is 0 Å². The first-order valence-electron chi connectivity index (χ1n) is 4.01. The topological polar surface area (TPSA) is 38.0 Å². The highest BCUT2D eigenvalue weighted by Gasteiger charge is 1.93. The lowest BCUT2D eigenvalue weighted by molar-refractivity contribution is 0.857. The second-order valence-corrected chi connectivity index (χ2v) is 4.14. The standard InChI is InChI=1S/C4H7NS2.C4H9N/c1-2-3-7-4(5)6;1-2-4-5-3-1/h2H,1,3H2,(H2,5,6);5H,1-4H2. The summed E-state index contributed by atoms with van der Waals surface area (Å²) in [5.41, 5.74) is 5.13. The third kappa shape index (κ3) is 9.94. The van der Waals surface area contributed by atoms with E-state index in [0.717, 1.165) is 5.75 Å². The lowest BCUT2D eigenvalue weighted by Crippen LogP contribution is -2.03. The van der Waals surface area contributed by atoms with Gasteiger partial charge in [-0.2, -0.15) is 0 Å². The molecule has 0 aromatic heterocycles. The Hall–Kier alpha value is -0.0600. The van der Waals surface area contributed by atoms with Crippen LogP contribution < -0.4 is 11.1 Å². The van der Waals surface area contributed by atoms with Crippen molar-refractivity contribution in [3.8, 4) is 0 Å². The van der Waals surface area contributed by atoms with E-state index in [-0.39, 0.29) is 0 Å². The molecule has 0 aliphatic carbocycles. The first kappa shape index (κ1) is 11.9. The number of hydrogen-bond acceptors (Lipinski definition) is 3. The van der Waals surface area contributed by atoms with Crippen LogP contribution in [-0.4, -0.2) is 23.2 Å². The minimum atomic E-state index is 0.486. The van der Waals surface area contributed by atoms with Crippen molar-refractivity contribution in [3.63, 3.8) is 0 Å². The first-order valence-corrected chi connectivity index (χ1v) is 5.40. The number of thiocarbonyl (C=S) groups is 1. The van der Waals surface area contributed by atoms with Crippen molar-refractivity contribution in [2.45, 2.75) is 12.8 Å². The third-order valence-corrected chi connectivity index (χ3v) is 2.34. The highest BCUT2D eigenvalue weighted by atomic mass is 32.2. The maximum atomic E-state index is 5.13. The molecule has 0 amide bonds. The highest BCUT2D eigenvalue weighted by molar-refractivity contribution is 8.23. The van der Waals surface area contributed by atoms with Crippen molar-refractivity contribution < 1.29 is 0 Å².